The number of pyridine rings is 1. The molecule has 0 fully saturated rings. The summed E-state index contributed by atoms with van der Waals surface area (Å²) in [6.45, 7) is 11.0. The van der Waals surface area contributed by atoms with Gasteiger partial charge in [0.15, 0.2) is 0 Å². The fourth-order valence-electron chi connectivity index (χ4n) is 2.71. The van der Waals surface area contributed by atoms with Crippen LogP contribution in [-0.4, -0.2) is 36.1 Å². The van der Waals surface area contributed by atoms with Gasteiger partial charge in [0.05, 0.1) is 5.52 Å². The van der Waals surface area contributed by atoms with Gasteiger partial charge in [-0.3, -0.25) is 4.98 Å². The molecule has 0 unspecified atom stereocenters. The third kappa shape index (κ3) is 4.34. The Morgan fingerprint density at radius 3 is 2.68 bits per heavy atom. The molecule has 0 saturated carbocycles. The summed E-state index contributed by atoms with van der Waals surface area (Å²) >= 11 is 6.05. The van der Waals surface area contributed by atoms with Gasteiger partial charge in [-0.2, -0.15) is 0 Å². The zero-order valence-electron chi connectivity index (χ0n) is 13.8. The summed E-state index contributed by atoms with van der Waals surface area (Å²) in [5.74, 6) is 0. The smallest absolute Gasteiger partial charge is 0.0737 e. The van der Waals surface area contributed by atoms with Crippen LogP contribution in [0.15, 0.2) is 24.4 Å². The Bertz CT molecular complexity index is 609. The van der Waals surface area contributed by atoms with Crippen molar-refractivity contribution in [3.63, 3.8) is 0 Å². The highest BCUT2D eigenvalue weighted by molar-refractivity contribution is 6.31. The summed E-state index contributed by atoms with van der Waals surface area (Å²) in [5.41, 5.74) is 3.31. The maximum absolute atomic E-state index is 6.05. The number of fused-ring (bicyclic) bond motifs is 1. The van der Waals surface area contributed by atoms with E-state index >= 15 is 0 Å². The third-order valence-corrected chi connectivity index (χ3v) is 4.35. The van der Waals surface area contributed by atoms with E-state index in [1.165, 1.54) is 30.6 Å². The lowest BCUT2D eigenvalue weighted by Gasteiger charge is -2.18. The van der Waals surface area contributed by atoms with Gasteiger partial charge in [-0.15, -0.1) is 0 Å². The van der Waals surface area contributed by atoms with Crippen LogP contribution in [-0.2, 0) is 0 Å². The van der Waals surface area contributed by atoms with E-state index in [2.05, 4.69) is 42.0 Å². The van der Waals surface area contributed by atoms with Crippen LogP contribution in [0, 0.1) is 6.92 Å². The molecule has 0 atom stereocenters. The largest absolute Gasteiger partial charge is 0.384 e. The monoisotopic (exact) mass is 319 g/mol. The summed E-state index contributed by atoms with van der Waals surface area (Å²) in [5, 5.41) is 5.46. The molecule has 120 valence electrons. The number of nitrogens with zero attached hydrogens (tertiary/aromatic N) is 2. The number of aromatic nitrogens is 1. The molecule has 0 radical (unpaired) electrons. The highest BCUT2D eigenvalue weighted by Crippen LogP contribution is 2.27. The SMILES string of the molecule is CCN(CC)CCCCNc1c(C)cnc2cc(Cl)ccc12. The van der Waals surface area contributed by atoms with Crippen molar-refractivity contribution in [2.75, 3.05) is 31.5 Å². The Hall–Kier alpha value is -1.32. The number of halogens is 1. The topological polar surface area (TPSA) is 28.2 Å². The van der Waals surface area contributed by atoms with Crippen LogP contribution in [0.3, 0.4) is 0 Å². The number of unbranched alkanes of at least 4 members (excludes halogenated alkanes) is 1. The Morgan fingerprint density at radius 1 is 1.18 bits per heavy atom. The van der Waals surface area contributed by atoms with Crippen molar-refractivity contribution in [2.45, 2.75) is 33.6 Å². The van der Waals surface area contributed by atoms with Crippen molar-refractivity contribution in [2.24, 2.45) is 0 Å². The first-order valence-corrected chi connectivity index (χ1v) is 8.54. The molecule has 3 nitrogen and oxygen atoms in total. The van der Waals surface area contributed by atoms with Crippen molar-refractivity contribution < 1.29 is 0 Å². The van der Waals surface area contributed by atoms with E-state index in [1.807, 2.05) is 18.3 Å². The van der Waals surface area contributed by atoms with Crippen LogP contribution in [0.5, 0.6) is 0 Å². The molecule has 1 aromatic carbocycles. The molecular weight excluding hydrogens is 294 g/mol. The molecule has 2 rings (SSSR count). The Kier molecular flexibility index (Phi) is 6.47. The van der Waals surface area contributed by atoms with E-state index in [9.17, 15) is 0 Å². The van der Waals surface area contributed by atoms with Gasteiger partial charge < -0.3 is 10.2 Å². The van der Waals surface area contributed by atoms with E-state index in [1.54, 1.807) is 0 Å². The van der Waals surface area contributed by atoms with Crippen molar-refractivity contribution >= 4 is 28.2 Å². The molecular formula is C18H26ClN3. The van der Waals surface area contributed by atoms with Crippen LogP contribution < -0.4 is 5.32 Å². The standard InChI is InChI=1S/C18H26ClN3/c1-4-22(5-2)11-7-6-10-20-18-14(3)13-21-17-12-15(19)8-9-16(17)18/h8-9,12-13H,4-7,10-11H2,1-3H3,(H,20,21). The number of rotatable bonds is 8. The number of anilines is 1. The quantitative estimate of drug-likeness (QED) is 0.713. The molecule has 2 aromatic rings. The highest BCUT2D eigenvalue weighted by Gasteiger charge is 2.06. The Morgan fingerprint density at radius 2 is 1.95 bits per heavy atom. The van der Waals surface area contributed by atoms with Gasteiger partial charge >= 0.3 is 0 Å². The van der Waals surface area contributed by atoms with Crippen molar-refractivity contribution in [1.82, 2.24) is 9.88 Å². The van der Waals surface area contributed by atoms with Crippen molar-refractivity contribution in [3.05, 3.63) is 35.0 Å². The van der Waals surface area contributed by atoms with E-state index < -0.39 is 0 Å². The average molecular weight is 320 g/mol. The lowest BCUT2D eigenvalue weighted by atomic mass is 10.1. The van der Waals surface area contributed by atoms with E-state index in [0.29, 0.717) is 0 Å². The highest BCUT2D eigenvalue weighted by atomic mass is 35.5. The molecule has 0 aliphatic heterocycles. The first kappa shape index (κ1) is 17.0. The third-order valence-electron chi connectivity index (χ3n) is 4.12. The molecule has 0 aliphatic rings. The van der Waals surface area contributed by atoms with Gasteiger partial charge in [0.25, 0.3) is 0 Å². The molecule has 1 aromatic heterocycles. The maximum atomic E-state index is 6.05. The predicted octanol–water partition coefficient (Wildman–Crippen LogP) is 4.73. The maximum Gasteiger partial charge on any atom is 0.0737 e. The van der Waals surface area contributed by atoms with Crippen molar-refractivity contribution in [1.29, 1.82) is 0 Å². The Balaban J connectivity index is 1.95. The Labute approximate surface area is 138 Å². The minimum Gasteiger partial charge on any atom is -0.384 e. The number of hydrogen-bond donors (Lipinski definition) is 1. The minimum absolute atomic E-state index is 0.731. The van der Waals surface area contributed by atoms with Crippen LogP contribution in [0.1, 0.15) is 32.3 Å². The average Bonchev–Trinajstić information content (AvgIpc) is 2.52. The van der Waals surface area contributed by atoms with Gasteiger partial charge in [-0.1, -0.05) is 25.4 Å². The molecule has 0 saturated heterocycles. The zero-order chi connectivity index (χ0) is 15.9. The van der Waals surface area contributed by atoms with Gasteiger partial charge in [-0.05, 0) is 63.2 Å². The first-order valence-electron chi connectivity index (χ1n) is 8.16. The van der Waals surface area contributed by atoms with E-state index in [0.717, 1.165) is 35.6 Å². The fraction of sp³-hybridized carbons (Fsp3) is 0.500. The molecule has 0 amide bonds. The number of aryl methyl sites for hydroxylation is 1. The number of benzene rings is 1. The lowest BCUT2D eigenvalue weighted by Crippen LogP contribution is -2.24. The fourth-order valence-corrected chi connectivity index (χ4v) is 2.88. The summed E-state index contributed by atoms with van der Waals surface area (Å²) in [6, 6.07) is 5.90. The molecule has 1 heterocycles. The second kappa shape index (κ2) is 8.35. The normalized spacial score (nSPS) is 11.3. The second-order valence-corrected chi connectivity index (χ2v) is 6.07. The van der Waals surface area contributed by atoms with Crippen LogP contribution in [0.25, 0.3) is 10.9 Å². The molecule has 0 bridgehead atoms. The summed E-state index contributed by atoms with van der Waals surface area (Å²) in [4.78, 5) is 6.93. The van der Waals surface area contributed by atoms with Gasteiger partial charge in [-0.25, -0.2) is 0 Å². The van der Waals surface area contributed by atoms with Crippen molar-refractivity contribution in [3.8, 4) is 0 Å². The molecule has 1 N–H and O–H groups in total. The molecule has 4 heteroatoms. The van der Waals surface area contributed by atoms with Gasteiger partial charge in [0.1, 0.15) is 0 Å². The minimum atomic E-state index is 0.731. The van der Waals surface area contributed by atoms with Crippen LogP contribution >= 0.6 is 11.6 Å². The van der Waals surface area contributed by atoms with Crippen LogP contribution in [0.4, 0.5) is 5.69 Å². The van der Waals surface area contributed by atoms with Gasteiger partial charge in [0, 0.05) is 28.8 Å². The molecule has 22 heavy (non-hydrogen) atoms. The van der Waals surface area contributed by atoms with E-state index in [4.69, 9.17) is 11.6 Å². The number of nitrogens with one attached hydrogen (secondary N) is 1. The molecule has 0 aliphatic carbocycles. The lowest BCUT2D eigenvalue weighted by molar-refractivity contribution is 0.298. The number of hydrogen-bond acceptors (Lipinski definition) is 3. The summed E-state index contributed by atoms with van der Waals surface area (Å²) in [7, 11) is 0. The predicted molar refractivity (Wildman–Crippen MR) is 97.0 cm³/mol. The van der Waals surface area contributed by atoms with Crippen LogP contribution in [0.2, 0.25) is 5.02 Å². The van der Waals surface area contributed by atoms with E-state index in [-0.39, 0.29) is 0 Å². The summed E-state index contributed by atoms with van der Waals surface area (Å²) < 4.78 is 0. The van der Waals surface area contributed by atoms with Gasteiger partial charge in [0.2, 0.25) is 0 Å². The summed E-state index contributed by atoms with van der Waals surface area (Å²) in [6.07, 6.45) is 4.31. The zero-order valence-corrected chi connectivity index (χ0v) is 14.6. The molecule has 0 spiro atoms. The first-order chi connectivity index (χ1) is 10.7. The second-order valence-electron chi connectivity index (χ2n) is 5.64.